The third-order valence-electron chi connectivity index (χ3n) is 2.86. The molecular formula is C13H16N4. The van der Waals surface area contributed by atoms with Crippen molar-refractivity contribution in [1.29, 1.82) is 0 Å². The van der Waals surface area contributed by atoms with Gasteiger partial charge in [-0.1, -0.05) is 0 Å². The van der Waals surface area contributed by atoms with Crippen molar-refractivity contribution in [2.24, 2.45) is 0 Å². The van der Waals surface area contributed by atoms with Gasteiger partial charge >= 0.3 is 0 Å². The number of nitrogens with one attached hydrogen (secondary N) is 1. The lowest BCUT2D eigenvalue weighted by molar-refractivity contribution is 0.686. The fourth-order valence-corrected chi connectivity index (χ4v) is 2.00. The van der Waals surface area contributed by atoms with E-state index in [1.165, 1.54) is 0 Å². The van der Waals surface area contributed by atoms with Crippen LogP contribution in [0.2, 0.25) is 0 Å². The van der Waals surface area contributed by atoms with E-state index in [9.17, 15) is 0 Å². The molecule has 0 saturated carbocycles. The Morgan fingerprint density at radius 3 is 2.47 bits per heavy atom. The lowest BCUT2D eigenvalue weighted by Crippen LogP contribution is -2.20. The summed E-state index contributed by atoms with van der Waals surface area (Å²) in [7, 11) is 1.91. The molecule has 0 bridgehead atoms. The minimum Gasteiger partial charge on any atom is -0.383 e. The van der Waals surface area contributed by atoms with E-state index < -0.39 is 0 Å². The number of anilines is 1. The SMILES string of the molecule is CNC(c1ccncc1)c1c(C)ccnc1N. The van der Waals surface area contributed by atoms with E-state index in [2.05, 4.69) is 15.3 Å². The van der Waals surface area contributed by atoms with E-state index >= 15 is 0 Å². The lowest BCUT2D eigenvalue weighted by atomic mass is 9.96. The minimum atomic E-state index is 0.0479. The molecule has 0 aliphatic heterocycles. The zero-order chi connectivity index (χ0) is 12.3. The number of rotatable bonds is 3. The number of nitrogens with two attached hydrogens (primary N) is 1. The summed E-state index contributed by atoms with van der Waals surface area (Å²) in [6.45, 7) is 2.04. The van der Waals surface area contributed by atoms with Crippen LogP contribution in [0.4, 0.5) is 5.82 Å². The van der Waals surface area contributed by atoms with Gasteiger partial charge in [0, 0.05) is 24.2 Å². The van der Waals surface area contributed by atoms with Crippen LogP contribution >= 0.6 is 0 Å². The topological polar surface area (TPSA) is 63.8 Å². The molecule has 1 atom stereocenters. The molecule has 0 spiro atoms. The molecule has 88 valence electrons. The third kappa shape index (κ3) is 2.26. The van der Waals surface area contributed by atoms with Gasteiger partial charge in [0.05, 0.1) is 6.04 Å². The van der Waals surface area contributed by atoms with Gasteiger partial charge in [-0.15, -0.1) is 0 Å². The molecular weight excluding hydrogens is 212 g/mol. The van der Waals surface area contributed by atoms with Crippen LogP contribution in [0.1, 0.15) is 22.7 Å². The first-order valence-electron chi connectivity index (χ1n) is 5.52. The van der Waals surface area contributed by atoms with Crippen molar-refractivity contribution in [3.8, 4) is 0 Å². The number of nitrogens with zero attached hydrogens (tertiary/aromatic N) is 2. The standard InChI is InChI=1S/C13H16N4/c1-9-3-8-17-13(14)11(9)12(15-2)10-4-6-16-7-5-10/h3-8,12,15H,1-2H3,(H2,14,17). The highest BCUT2D eigenvalue weighted by atomic mass is 14.9. The Morgan fingerprint density at radius 1 is 1.18 bits per heavy atom. The fourth-order valence-electron chi connectivity index (χ4n) is 2.00. The molecule has 4 nitrogen and oxygen atoms in total. The summed E-state index contributed by atoms with van der Waals surface area (Å²) >= 11 is 0. The molecule has 0 aromatic carbocycles. The summed E-state index contributed by atoms with van der Waals surface area (Å²) < 4.78 is 0. The van der Waals surface area contributed by atoms with Gasteiger partial charge in [-0.3, -0.25) is 4.98 Å². The summed E-state index contributed by atoms with van der Waals surface area (Å²) in [6, 6.07) is 5.98. The zero-order valence-corrected chi connectivity index (χ0v) is 10.0. The molecule has 3 N–H and O–H groups in total. The first kappa shape index (κ1) is 11.5. The van der Waals surface area contributed by atoms with Crippen molar-refractivity contribution < 1.29 is 0 Å². The zero-order valence-electron chi connectivity index (χ0n) is 10.0. The highest BCUT2D eigenvalue weighted by Gasteiger charge is 2.17. The monoisotopic (exact) mass is 228 g/mol. The maximum Gasteiger partial charge on any atom is 0.128 e. The first-order chi connectivity index (χ1) is 8.24. The molecule has 0 radical (unpaired) electrons. The number of pyridine rings is 2. The van der Waals surface area contributed by atoms with Crippen LogP contribution in [0.5, 0.6) is 0 Å². The van der Waals surface area contributed by atoms with Crippen molar-refractivity contribution in [1.82, 2.24) is 15.3 Å². The van der Waals surface area contributed by atoms with Gasteiger partial charge in [-0.25, -0.2) is 4.98 Å². The quantitative estimate of drug-likeness (QED) is 0.839. The lowest BCUT2D eigenvalue weighted by Gasteiger charge is -2.20. The highest BCUT2D eigenvalue weighted by Crippen LogP contribution is 2.27. The minimum absolute atomic E-state index is 0.0479. The average Bonchev–Trinajstić information content (AvgIpc) is 2.35. The van der Waals surface area contributed by atoms with Gasteiger partial charge in [0.15, 0.2) is 0 Å². The van der Waals surface area contributed by atoms with Crippen LogP contribution in [0.3, 0.4) is 0 Å². The number of hydrogen-bond donors (Lipinski definition) is 2. The molecule has 1 unspecified atom stereocenters. The van der Waals surface area contributed by atoms with E-state index in [1.54, 1.807) is 18.6 Å². The Labute approximate surface area is 101 Å². The molecule has 2 aromatic heterocycles. The van der Waals surface area contributed by atoms with E-state index in [0.717, 1.165) is 16.7 Å². The van der Waals surface area contributed by atoms with Crippen molar-refractivity contribution in [3.05, 3.63) is 53.5 Å². The Hall–Kier alpha value is -1.94. The number of nitrogen functional groups attached to an aromatic ring is 1. The smallest absolute Gasteiger partial charge is 0.128 e. The van der Waals surface area contributed by atoms with E-state index in [1.807, 2.05) is 32.2 Å². The number of aryl methyl sites for hydroxylation is 1. The van der Waals surface area contributed by atoms with Gasteiger partial charge in [-0.2, -0.15) is 0 Å². The predicted molar refractivity (Wildman–Crippen MR) is 68.5 cm³/mol. The second-order valence-corrected chi connectivity index (χ2v) is 3.93. The van der Waals surface area contributed by atoms with E-state index in [0.29, 0.717) is 5.82 Å². The Morgan fingerprint density at radius 2 is 1.88 bits per heavy atom. The van der Waals surface area contributed by atoms with Crippen molar-refractivity contribution in [2.75, 3.05) is 12.8 Å². The van der Waals surface area contributed by atoms with Crippen LogP contribution in [0, 0.1) is 6.92 Å². The number of hydrogen-bond acceptors (Lipinski definition) is 4. The van der Waals surface area contributed by atoms with Gasteiger partial charge in [0.1, 0.15) is 5.82 Å². The molecule has 0 fully saturated rings. The van der Waals surface area contributed by atoms with Gasteiger partial charge in [0.25, 0.3) is 0 Å². The molecule has 0 aliphatic carbocycles. The van der Waals surface area contributed by atoms with Gasteiger partial charge in [-0.05, 0) is 43.3 Å². The molecule has 0 saturated heterocycles. The van der Waals surface area contributed by atoms with Gasteiger partial charge in [0.2, 0.25) is 0 Å². The van der Waals surface area contributed by atoms with E-state index in [-0.39, 0.29) is 6.04 Å². The second kappa shape index (κ2) is 4.93. The molecule has 0 aliphatic rings. The fraction of sp³-hybridized carbons (Fsp3) is 0.231. The van der Waals surface area contributed by atoms with Crippen LogP contribution in [0.15, 0.2) is 36.8 Å². The predicted octanol–water partition coefficient (Wildman–Crippen LogP) is 1.68. The van der Waals surface area contributed by atoms with Crippen LogP contribution in [-0.2, 0) is 0 Å². The van der Waals surface area contributed by atoms with Crippen LogP contribution in [0.25, 0.3) is 0 Å². The molecule has 17 heavy (non-hydrogen) atoms. The molecule has 2 heterocycles. The largest absolute Gasteiger partial charge is 0.383 e. The van der Waals surface area contributed by atoms with Gasteiger partial charge < -0.3 is 11.1 Å². The molecule has 4 heteroatoms. The maximum atomic E-state index is 5.97. The Bertz CT molecular complexity index is 476. The second-order valence-electron chi connectivity index (χ2n) is 3.93. The average molecular weight is 228 g/mol. The molecule has 2 aromatic rings. The Kier molecular flexibility index (Phi) is 3.35. The summed E-state index contributed by atoms with van der Waals surface area (Å²) in [5.41, 5.74) is 9.26. The van der Waals surface area contributed by atoms with E-state index in [4.69, 9.17) is 5.73 Å². The van der Waals surface area contributed by atoms with Crippen molar-refractivity contribution in [2.45, 2.75) is 13.0 Å². The molecule has 2 rings (SSSR count). The van der Waals surface area contributed by atoms with Crippen LogP contribution < -0.4 is 11.1 Å². The number of aromatic nitrogens is 2. The third-order valence-corrected chi connectivity index (χ3v) is 2.86. The van der Waals surface area contributed by atoms with Crippen LogP contribution in [-0.4, -0.2) is 17.0 Å². The normalized spacial score (nSPS) is 12.4. The molecule has 0 amide bonds. The maximum absolute atomic E-state index is 5.97. The Balaban J connectivity index is 2.50. The van der Waals surface area contributed by atoms with Crippen molar-refractivity contribution >= 4 is 5.82 Å². The highest BCUT2D eigenvalue weighted by molar-refractivity contribution is 5.49. The summed E-state index contributed by atoms with van der Waals surface area (Å²) in [6.07, 6.45) is 5.29. The van der Waals surface area contributed by atoms with Crippen molar-refractivity contribution in [3.63, 3.8) is 0 Å². The summed E-state index contributed by atoms with van der Waals surface area (Å²) in [4.78, 5) is 8.18. The first-order valence-corrected chi connectivity index (χ1v) is 5.52. The summed E-state index contributed by atoms with van der Waals surface area (Å²) in [5, 5.41) is 3.27. The summed E-state index contributed by atoms with van der Waals surface area (Å²) in [5.74, 6) is 0.571.